The van der Waals surface area contributed by atoms with Gasteiger partial charge in [-0.15, -0.1) is 12.6 Å². The van der Waals surface area contributed by atoms with Crippen molar-refractivity contribution in [1.29, 1.82) is 0 Å². The molecule has 0 aromatic heterocycles. The van der Waals surface area contributed by atoms with Crippen molar-refractivity contribution >= 4 is 51.8 Å². The van der Waals surface area contributed by atoms with E-state index in [1.165, 1.54) is 6.07 Å². The molecule has 9 heteroatoms. The fourth-order valence-corrected chi connectivity index (χ4v) is 2.98. The molecule has 1 aromatic carbocycles. The number of hydrogen-bond donors (Lipinski definition) is 3. The molecule has 17 heavy (non-hydrogen) atoms. The first-order valence-electron chi connectivity index (χ1n) is 4.13. The second-order valence-electron chi connectivity index (χ2n) is 2.95. The first-order chi connectivity index (χ1) is 7.74. The largest absolute Gasteiger partial charge is 0.480 e. The minimum atomic E-state index is -4.01. The molecule has 0 bridgehead atoms. The van der Waals surface area contributed by atoms with Gasteiger partial charge in [-0.2, -0.15) is 4.72 Å². The molecule has 5 nitrogen and oxygen atoms in total. The summed E-state index contributed by atoms with van der Waals surface area (Å²) in [5.74, 6) is -1.30. The normalized spacial score (nSPS) is 11.5. The molecule has 2 N–H and O–H groups in total. The highest BCUT2D eigenvalue weighted by atomic mass is 35.5. The van der Waals surface area contributed by atoms with Crippen LogP contribution in [0.4, 0.5) is 0 Å². The second kappa shape index (κ2) is 5.45. The highest BCUT2D eigenvalue weighted by molar-refractivity contribution is 7.89. The number of carboxylic acid groups (broad SMARTS) is 1. The molecule has 1 aromatic rings. The van der Waals surface area contributed by atoms with Crippen molar-refractivity contribution < 1.29 is 18.3 Å². The zero-order chi connectivity index (χ0) is 13.2. The third-order valence-electron chi connectivity index (χ3n) is 1.70. The van der Waals surface area contributed by atoms with Gasteiger partial charge >= 0.3 is 5.97 Å². The van der Waals surface area contributed by atoms with Gasteiger partial charge < -0.3 is 5.11 Å². The van der Waals surface area contributed by atoms with Gasteiger partial charge in [0.1, 0.15) is 11.4 Å². The molecule has 0 heterocycles. The highest BCUT2D eigenvalue weighted by Gasteiger charge is 2.20. The van der Waals surface area contributed by atoms with Crippen molar-refractivity contribution in [2.75, 3.05) is 6.54 Å². The van der Waals surface area contributed by atoms with Gasteiger partial charge in [0.25, 0.3) is 0 Å². The molecule has 0 atom stereocenters. The molecule has 0 spiro atoms. The van der Waals surface area contributed by atoms with E-state index >= 15 is 0 Å². The van der Waals surface area contributed by atoms with Gasteiger partial charge in [-0.1, -0.05) is 23.2 Å². The van der Waals surface area contributed by atoms with Crippen LogP contribution in [0.25, 0.3) is 0 Å². The fraction of sp³-hybridized carbons (Fsp3) is 0.125. The van der Waals surface area contributed by atoms with Gasteiger partial charge in [0.15, 0.2) is 0 Å². The van der Waals surface area contributed by atoms with Crippen molar-refractivity contribution in [2.24, 2.45) is 0 Å². The van der Waals surface area contributed by atoms with Gasteiger partial charge in [-0.3, -0.25) is 4.79 Å². The van der Waals surface area contributed by atoms with Crippen LogP contribution in [0.3, 0.4) is 0 Å². The van der Waals surface area contributed by atoms with Crippen molar-refractivity contribution in [3.8, 4) is 0 Å². The average molecular weight is 316 g/mol. The van der Waals surface area contributed by atoms with E-state index in [0.29, 0.717) is 4.90 Å². The Bertz CT molecular complexity index is 559. The number of rotatable bonds is 4. The molecule has 0 fully saturated rings. The summed E-state index contributed by atoms with van der Waals surface area (Å²) < 4.78 is 25.2. The number of thiol groups is 1. The topological polar surface area (TPSA) is 83.5 Å². The van der Waals surface area contributed by atoms with Crippen LogP contribution in [0.5, 0.6) is 0 Å². The molecule has 0 aliphatic heterocycles. The molecule has 0 radical (unpaired) electrons. The first-order valence-corrected chi connectivity index (χ1v) is 6.82. The van der Waals surface area contributed by atoms with Crippen LogP contribution < -0.4 is 4.72 Å². The van der Waals surface area contributed by atoms with Crippen molar-refractivity contribution in [2.45, 2.75) is 9.79 Å². The van der Waals surface area contributed by atoms with E-state index in [1.54, 1.807) is 0 Å². The molecule has 94 valence electrons. The molecular formula is C8H7Cl2NO4S2. The predicted molar refractivity (Wildman–Crippen MR) is 66.5 cm³/mol. The number of sulfonamides is 1. The molecule has 1 rings (SSSR count). The number of carboxylic acids is 1. The van der Waals surface area contributed by atoms with E-state index in [-0.39, 0.29) is 14.9 Å². The summed E-state index contributed by atoms with van der Waals surface area (Å²) in [5.41, 5.74) is 0. The number of nitrogens with one attached hydrogen (secondary N) is 1. The van der Waals surface area contributed by atoms with Crippen molar-refractivity contribution in [3.05, 3.63) is 22.2 Å². The summed E-state index contributed by atoms with van der Waals surface area (Å²) in [4.78, 5) is 10.3. The van der Waals surface area contributed by atoms with E-state index in [1.807, 2.05) is 4.72 Å². The van der Waals surface area contributed by atoms with E-state index in [4.69, 9.17) is 28.3 Å². The lowest BCUT2D eigenvalue weighted by molar-refractivity contribution is -0.135. The molecular weight excluding hydrogens is 309 g/mol. The lowest BCUT2D eigenvalue weighted by Crippen LogP contribution is -2.29. The lowest BCUT2D eigenvalue weighted by Gasteiger charge is -2.08. The Morgan fingerprint density at radius 1 is 1.35 bits per heavy atom. The summed E-state index contributed by atoms with van der Waals surface area (Å²) >= 11 is 15.4. The molecule has 0 aliphatic rings. The summed E-state index contributed by atoms with van der Waals surface area (Å²) in [5, 5.41) is 8.41. The van der Waals surface area contributed by atoms with E-state index in [0.717, 1.165) is 6.07 Å². The van der Waals surface area contributed by atoms with Gasteiger partial charge in [0.05, 0.1) is 10.0 Å². The van der Waals surface area contributed by atoms with Crippen molar-refractivity contribution in [3.63, 3.8) is 0 Å². The van der Waals surface area contributed by atoms with Crippen LogP contribution in [0, 0.1) is 0 Å². The Labute approximate surface area is 113 Å². The van der Waals surface area contributed by atoms with Crippen LogP contribution in [-0.2, 0) is 14.8 Å². The molecule has 0 saturated carbocycles. The Kier molecular flexibility index (Phi) is 4.68. The highest BCUT2D eigenvalue weighted by Crippen LogP contribution is 2.30. The molecule has 0 amide bonds. The van der Waals surface area contributed by atoms with Crippen LogP contribution in [-0.4, -0.2) is 26.0 Å². The van der Waals surface area contributed by atoms with Crippen LogP contribution in [0.2, 0.25) is 10.0 Å². The van der Waals surface area contributed by atoms with Gasteiger partial charge in [-0.05, 0) is 12.1 Å². The zero-order valence-electron chi connectivity index (χ0n) is 8.15. The van der Waals surface area contributed by atoms with Gasteiger partial charge in [-0.25, -0.2) is 8.42 Å². The fourth-order valence-electron chi connectivity index (χ4n) is 0.959. The maximum Gasteiger partial charge on any atom is 0.318 e. The number of halogens is 2. The van der Waals surface area contributed by atoms with Crippen LogP contribution in [0.15, 0.2) is 21.9 Å². The third-order valence-corrected chi connectivity index (χ3v) is 4.38. The Hall–Kier alpha value is -0.470. The van der Waals surface area contributed by atoms with Crippen LogP contribution >= 0.6 is 35.8 Å². The second-order valence-corrected chi connectivity index (χ2v) is 5.98. The first kappa shape index (κ1) is 14.6. The lowest BCUT2D eigenvalue weighted by atomic mass is 10.4. The number of benzene rings is 1. The Balaban J connectivity index is 3.15. The Morgan fingerprint density at radius 3 is 2.47 bits per heavy atom. The average Bonchev–Trinajstić information content (AvgIpc) is 2.20. The van der Waals surface area contributed by atoms with E-state index in [2.05, 4.69) is 12.6 Å². The predicted octanol–water partition coefficient (Wildman–Crippen LogP) is 1.64. The zero-order valence-corrected chi connectivity index (χ0v) is 11.4. The maximum atomic E-state index is 11.7. The minimum absolute atomic E-state index is 0.0858. The van der Waals surface area contributed by atoms with Crippen LogP contribution in [0.1, 0.15) is 0 Å². The SMILES string of the molecule is O=C(O)CNS(=O)(=O)c1cc(Cl)c(S)cc1Cl. The van der Waals surface area contributed by atoms with Crippen molar-refractivity contribution in [1.82, 2.24) is 4.72 Å². The number of carbonyl (C=O) groups is 1. The Morgan fingerprint density at radius 2 is 1.94 bits per heavy atom. The smallest absolute Gasteiger partial charge is 0.318 e. The van der Waals surface area contributed by atoms with Gasteiger partial charge in [0.2, 0.25) is 10.0 Å². The number of hydrogen-bond acceptors (Lipinski definition) is 4. The standard InChI is InChI=1S/C8H7Cl2NO4S2/c9-4-2-7(5(10)1-6(4)16)17(14,15)11-3-8(12)13/h1-2,11,16H,3H2,(H,12,13). The quantitative estimate of drug-likeness (QED) is 0.738. The monoisotopic (exact) mass is 315 g/mol. The van der Waals surface area contributed by atoms with E-state index in [9.17, 15) is 13.2 Å². The maximum absolute atomic E-state index is 11.7. The third kappa shape index (κ3) is 3.75. The summed E-state index contributed by atoms with van der Waals surface area (Å²) in [7, 11) is -4.01. The molecule has 0 unspecified atom stereocenters. The molecule has 0 saturated heterocycles. The number of aliphatic carboxylic acids is 1. The molecule has 0 aliphatic carbocycles. The summed E-state index contributed by atoms with van der Waals surface area (Å²) in [6, 6.07) is 2.37. The summed E-state index contributed by atoms with van der Waals surface area (Å²) in [6.45, 7) is -0.737. The van der Waals surface area contributed by atoms with Gasteiger partial charge in [0, 0.05) is 4.90 Å². The van der Waals surface area contributed by atoms with E-state index < -0.39 is 22.5 Å². The summed E-state index contributed by atoms with van der Waals surface area (Å²) in [6.07, 6.45) is 0. The minimum Gasteiger partial charge on any atom is -0.480 e.